The number of hydrogen-bond donors (Lipinski definition) is 3. The summed E-state index contributed by atoms with van der Waals surface area (Å²) in [5.41, 5.74) is 7.09. The van der Waals surface area contributed by atoms with Crippen LogP contribution in [0.2, 0.25) is 0 Å². The van der Waals surface area contributed by atoms with Crippen LogP contribution in [0.3, 0.4) is 0 Å². The van der Waals surface area contributed by atoms with E-state index in [1.165, 1.54) is 5.69 Å². The molecule has 1 aromatic carbocycles. The molecule has 0 atom stereocenters. The number of fused-ring (bicyclic) bond motifs is 2. The molecule has 0 aliphatic carbocycles. The third-order valence-electron chi connectivity index (χ3n) is 6.64. The molecule has 1 fully saturated rings. The Bertz CT molecular complexity index is 1390. The van der Waals surface area contributed by atoms with Gasteiger partial charge in [0.1, 0.15) is 5.65 Å². The molecule has 2 aliphatic rings. The van der Waals surface area contributed by atoms with Crippen LogP contribution in [0.5, 0.6) is 0 Å². The van der Waals surface area contributed by atoms with Crippen LogP contribution in [0.4, 0.5) is 17.1 Å². The average molecular weight is 440 g/mol. The van der Waals surface area contributed by atoms with Crippen molar-refractivity contribution in [3.8, 4) is 11.3 Å². The number of aromatic nitrogens is 3. The largest absolute Gasteiger partial charge is 0.368 e. The molecule has 6 rings (SSSR count). The van der Waals surface area contributed by atoms with E-state index >= 15 is 0 Å². The number of amides is 1. The Hall–Kier alpha value is -3.91. The summed E-state index contributed by atoms with van der Waals surface area (Å²) >= 11 is 0. The summed E-state index contributed by atoms with van der Waals surface area (Å²) in [6, 6.07) is 12.8. The molecule has 0 bridgehead atoms. The molecule has 0 radical (unpaired) electrons. The van der Waals surface area contributed by atoms with Crippen molar-refractivity contribution in [3.63, 3.8) is 0 Å². The second kappa shape index (κ2) is 7.60. The minimum absolute atomic E-state index is 0.0785. The van der Waals surface area contributed by atoms with Crippen molar-refractivity contribution in [2.45, 2.75) is 12.6 Å². The normalized spacial score (nSPS) is 15.5. The number of hydrogen-bond acceptors (Lipinski definition) is 6. The van der Waals surface area contributed by atoms with Crippen LogP contribution in [-0.4, -0.2) is 46.6 Å². The zero-order valence-electron chi connectivity index (χ0n) is 18.6. The van der Waals surface area contributed by atoms with E-state index in [2.05, 4.69) is 38.0 Å². The highest BCUT2D eigenvalue weighted by atomic mass is 16.1. The first-order chi connectivity index (χ1) is 16.1. The molecular formula is C25H25N7O. The Kier molecular flexibility index (Phi) is 4.55. The van der Waals surface area contributed by atoms with Crippen LogP contribution in [0.1, 0.15) is 15.9 Å². The molecule has 5 heterocycles. The number of aryl methyl sites for hydroxylation is 1. The second-order valence-corrected chi connectivity index (χ2v) is 8.65. The molecule has 1 saturated heterocycles. The molecule has 8 heteroatoms. The van der Waals surface area contributed by atoms with E-state index in [1.807, 2.05) is 49.1 Å². The lowest BCUT2D eigenvalue weighted by atomic mass is 10.0. The molecule has 0 unspecified atom stereocenters. The van der Waals surface area contributed by atoms with Gasteiger partial charge in [-0.25, -0.2) is 4.98 Å². The van der Waals surface area contributed by atoms with Gasteiger partial charge in [-0.2, -0.15) is 0 Å². The van der Waals surface area contributed by atoms with Crippen molar-refractivity contribution in [3.05, 3.63) is 66.1 Å². The molecule has 3 N–H and O–H groups in total. The van der Waals surface area contributed by atoms with E-state index in [0.717, 1.165) is 52.3 Å². The van der Waals surface area contributed by atoms with E-state index in [0.29, 0.717) is 18.2 Å². The highest BCUT2D eigenvalue weighted by molar-refractivity contribution is 6.06. The second-order valence-electron chi connectivity index (χ2n) is 8.65. The smallest absolute Gasteiger partial charge is 0.254 e. The van der Waals surface area contributed by atoms with E-state index in [1.54, 1.807) is 12.4 Å². The minimum Gasteiger partial charge on any atom is -0.368 e. The number of nitrogens with one attached hydrogen (secondary N) is 3. The Morgan fingerprint density at radius 3 is 2.88 bits per heavy atom. The number of benzene rings is 1. The summed E-state index contributed by atoms with van der Waals surface area (Å²) < 4.78 is 1.99. The standard InChI is InChI=1S/C25H25N7O/c1-26-16-13-32(14-16)17-5-3-4-15(10-17)30-21-12-28-23(20-11-29-25(33)22(20)21)18-6-8-27-24-19(18)7-9-31(24)2/h3-10,12,16,26,30H,11,13-14H2,1-2H3,(H,29,33). The van der Waals surface area contributed by atoms with Crippen LogP contribution in [0.15, 0.2) is 55.0 Å². The van der Waals surface area contributed by atoms with E-state index < -0.39 is 0 Å². The third kappa shape index (κ3) is 3.22. The Labute approximate surface area is 191 Å². The van der Waals surface area contributed by atoms with Crippen LogP contribution >= 0.6 is 0 Å². The maximum absolute atomic E-state index is 12.8. The summed E-state index contributed by atoms with van der Waals surface area (Å²) in [7, 11) is 3.97. The first-order valence-electron chi connectivity index (χ1n) is 11.1. The molecule has 4 aromatic rings. The van der Waals surface area contributed by atoms with Gasteiger partial charge < -0.3 is 25.4 Å². The quantitative estimate of drug-likeness (QED) is 0.443. The van der Waals surface area contributed by atoms with Crippen LogP contribution < -0.4 is 20.9 Å². The SMILES string of the molecule is CNC1CN(c2cccc(Nc3cnc(-c4ccnc5c4ccn5C)c4c3C(=O)NC4)c2)C1. The lowest BCUT2D eigenvalue weighted by Gasteiger charge is -2.41. The fourth-order valence-corrected chi connectivity index (χ4v) is 4.75. The molecule has 166 valence electrons. The van der Waals surface area contributed by atoms with Gasteiger partial charge in [0.2, 0.25) is 0 Å². The average Bonchev–Trinajstić information content (AvgIpc) is 3.37. The van der Waals surface area contributed by atoms with Crippen molar-refractivity contribution >= 4 is 34.0 Å². The Morgan fingerprint density at radius 1 is 1.15 bits per heavy atom. The maximum Gasteiger partial charge on any atom is 0.254 e. The number of nitrogens with zero attached hydrogens (tertiary/aromatic N) is 4. The lowest BCUT2D eigenvalue weighted by Crippen LogP contribution is -2.57. The molecule has 1 amide bonds. The van der Waals surface area contributed by atoms with E-state index in [-0.39, 0.29) is 5.91 Å². The van der Waals surface area contributed by atoms with Crippen LogP contribution in [0.25, 0.3) is 22.3 Å². The summed E-state index contributed by atoms with van der Waals surface area (Å²) in [6.07, 6.45) is 5.55. The van der Waals surface area contributed by atoms with Crippen molar-refractivity contribution in [2.24, 2.45) is 7.05 Å². The van der Waals surface area contributed by atoms with Gasteiger partial charge in [-0.1, -0.05) is 6.07 Å². The number of carbonyl (C=O) groups is 1. The van der Waals surface area contributed by atoms with Gasteiger partial charge in [-0.05, 0) is 37.4 Å². The van der Waals surface area contributed by atoms with Gasteiger partial charge in [-0.15, -0.1) is 0 Å². The highest BCUT2D eigenvalue weighted by Crippen LogP contribution is 2.36. The predicted molar refractivity (Wildman–Crippen MR) is 130 cm³/mol. The number of anilines is 3. The number of rotatable bonds is 5. The zero-order chi connectivity index (χ0) is 22.5. The first kappa shape index (κ1) is 19.8. The van der Waals surface area contributed by atoms with Crippen molar-refractivity contribution < 1.29 is 4.79 Å². The van der Waals surface area contributed by atoms with Gasteiger partial charge in [0.05, 0.1) is 23.1 Å². The van der Waals surface area contributed by atoms with E-state index in [4.69, 9.17) is 4.98 Å². The van der Waals surface area contributed by atoms with Crippen LogP contribution in [0, 0.1) is 0 Å². The minimum atomic E-state index is -0.0785. The van der Waals surface area contributed by atoms with Gasteiger partial charge in [0.15, 0.2) is 0 Å². The summed E-state index contributed by atoms with van der Waals surface area (Å²) in [4.78, 5) is 24.4. The number of carbonyl (C=O) groups excluding carboxylic acids is 1. The molecule has 0 spiro atoms. The Balaban J connectivity index is 1.37. The van der Waals surface area contributed by atoms with Crippen molar-refractivity contribution in [2.75, 3.05) is 30.4 Å². The number of likely N-dealkylation sites (N-methyl/N-ethyl adjacent to an activating group) is 1. The molecule has 2 aliphatic heterocycles. The predicted octanol–water partition coefficient (Wildman–Crippen LogP) is 3.03. The fourth-order valence-electron chi connectivity index (χ4n) is 4.75. The van der Waals surface area contributed by atoms with Crippen LogP contribution in [-0.2, 0) is 13.6 Å². The molecule has 33 heavy (non-hydrogen) atoms. The van der Waals surface area contributed by atoms with Crippen molar-refractivity contribution in [1.29, 1.82) is 0 Å². The molecule has 8 nitrogen and oxygen atoms in total. The highest BCUT2D eigenvalue weighted by Gasteiger charge is 2.29. The summed E-state index contributed by atoms with van der Waals surface area (Å²) in [6.45, 7) is 2.45. The molecule has 3 aromatic heterocycles. The van der Waals surface area contributed by atoms with Gasteiger partial charge >= 0.3 is 0 Å². The zero-order valence-corrected chi connectivity index (χ0v) is 18.6. The van der Waals surface area contributed by atoms with E-state index in [9.17, 15) is 4.79 Å². The number of pyridine rings is 2. The topological polar surface area (TPSA) is 87.1 Å². The molecular weight excluding hydrogens is 414 g/mol. The Morgan fingerprint density at radius 2 is 2.03 bits per heavy atom. The third-order valence-corrected chi connectivity index (χ3v) is 6.64. The van der Waals surface area contributed by atoms with Crippen molar-refractivity contribution in [1.82, 2.24) is 25.2 Å². The van der Waals surface area contributed by atoms with Gasteiger partial charge in [0.25, 0.3) is 5.91 Å². The first-order valence-corrected chi connectivity index (χ1v) is 11.1. The molecule has 0 saturated carbocycles. The van der Waals surface area contributed by atoms with Gasteiger partial charge in [0, 0.05) is 73.0 Å². The lowest BCUT2D eigenvalue weighted by molar-refractivity contribution is 0.0966. The fraction of sp³-hybridized carbons (Fsp3) is 0.240. The summed E-state index contributed by atoms with van der Waals surface area (Å²) in [5.74, 6) is -0.0785. The monoisotopic (exact) mass is 439 g/mol. The maximum atomic E-state index is 12.8. The van der Waals surface area contributed by atoms with Gasteiger partial charge in [-0.3, -0.25) is 9.78 Å². The summed E-state index contributed by atoms with van der Waals surface area (Å²) in [5, 5.41) is 10.7.